The lowest BCUT2D eigenvalue weighted by Crippen LogP contribution is -2.51. The van der Waals surface area contributed by atoms with E-state index in [1.54, 1.807) is 9.80 Å². The van der Waals surface area contributed by atoms with Crippen LogP contribution in [0.1, 0.15) is 11.1 Å². The van der Waals surface area contributed by atoms with Gasteiger partial charge in [0, 0.05) is 26.2 Å². The van der Waals surface area contributed by atoms with Crippen LogP contribution in [-0.4, -0.2) is 61.2 Å². The Kier molecular flexibility index (Phi) is 6.23. The fourth-order valence-corrected chi connectivity index (χ4v) is 2.40. The zero-order chi connectivity index (χ0) is 17.5. The zero-order valence-electron chi connectivity index (χ0n) is 14.3. The van der Waals surface area contributed by atoms with Crippen LogP contribution in [0.2, 0.25) is 0 Å². The number of nitrogens with zero attached hydrogens (tertiary/aromatic N) is 2. The summed E-state index contributed by atoms with van der Waals surface area (Å²) in [5.74, 6) is 0.616. The number of hydrogen-bond acceptors (Lipinski definition) is 4. The number of carbonyl (C=O) groups excluding carboxylic acids is 2. The third-order valence-electron chi connectivity index (χ3n) is 4.06. The molecule has 0 aliphatic carbocycles. The van der Waals surface area contributed by atoms with E-state index in [9.17, 15) is 9.59 Å². The van der Waals surface area contributed by atoms with E-state index in [2.05, 4.69) is 6.58 Å². The van der Waals surface area contributed by atoms with E-state index in [4.69, 9.17) is 9.47 Å². The molecule has 1 aliphatic heterocycles. The summed E-state index contributed by atoms with van der Waals surface area (Å²) in [7, 11) is 0. The number of amides is 2. The minimum atomic E-state index is -0.367. The van der Waals surface area contributed by atoms with Crippen molar-refractivity contribution in [2.24, 2.45) is 0 Å². The van der Waals surface area contributed by atoms with Crippen molar-refractivity contribution in [1.82, 2.24) is 9.80 Å². The molecule has 1 saturated heterocycles. The number of hydrogen-bond donors (Lipinski definition) is 0. The maximum Gasteiger partial charge on any atom is 0.410 e. The van der Waals surface area contributed by atoms with Gasteiger partial charge in [-0.25, -0.2) is 4.79 Å². The normalized spacial score (nSPS) is 14.2. The summed E-state index contributed by atoms with van der Waals surface area (Å²) >= 11 is 0. The summed E-state index contributed by atoms with van der Waals surface area (Å²) in [4.78, 5) is 27.3. The molecular weight excluding hydrogens is 308 g/mol. The summed E-state index contributed by atoms with van der Waals surface area (Å²) < 4.78 is 10.6. The molecule has 6 nitrogen and oxygen atoms in total. The minimum Gasteiger partial charge on any atom is -0.484 e. The molecule has 130 valence electrons. The monoisotopic (exact) mass is 332 g/mol. The molecular formula is C18H24N2O4. The number of carbonyl (C=O) groups is 2. The van der Waals surface area contributed by atoms with Crippen LogP contribution in [-0.2, 0) is 9.53 Å². The SMILES string of the molecule is C=CCOC(=O)N1CCN(C(=O)COc2ccc(C)c(C)c2)CC1. The van der Waals surface area contributed by atoms with Gasteiger partial charge >= 0.3 is 6.09 Å². The van der Waals surface area contributed by atoms with Gasteiger partial charge in [-0.15, -0.1) is 0 Å². The average molecular weight is 332 g/mol. The zero-order valence-corrected chi connectivity index (χ0v) is 14.3. The standard InChI is InChI=1S/C18H24N2O4/c1-4-11-23-18(22)20-9-7-19(8-10-20)17(21)13-24-16-6-5-14(2)15(3)12-16/h4-6,12H,1,7-11,13H2,2-3H3. The molecule has 1 aliphatic rings. The van der Waals surface area contributed by atoms with Gasteiger partial charge in [0.1, 0.15) is 12.4 Å². The third kappa shape index (κ3) is 4.75. The van der Waals surface area contributed by atoms with E-state index < -0.39 is 0 Å². The van der Waals surface area contributed by atoms with Crippen LogP contribution in [0.15, 0.2) is 30.9 Å². The van der Waals surface area contributed by atoms with E-state index in [0.717, 1.165) is 5.56 Å². The molecule has 0 N–H and O–H groups in total. The fraction of sp³-hybridized carbons (Fsp3) is 0.444. The molecule has 0 radical (unpaired) electrons. The van der Waals surface area contributed by atoms with Gasteiger partial charge in [0.15, 0.2) is 6.61 Å². The molecule has 2 rings (SSSR count). The van der Waals surface area contributed by atoms with Gasteiger partial charge in [-0.3, -0.25) is 4.79 Å². The van der Waals surface area contributed by atoms with Crippen LogP contribution in [0, 0.1) is 13.8 Å². The van der Waals surface area contributed by atoms with Crippen molar-refractivity contribution in [3.63, 3.8) is 0 Å². The highest BCUT2D eigenvalue weighted by atomic mass is 16.6. The highest BCUT2D eigenvalue weighted by Gasteiger charge is 2.25. The fourth-order valence-electron chi connectivity index (χ4n) is 2.40. The predicted octanol–water partition coefficient (Wildman–Crippen LogP) is 2.15. The molecule has 2 amide bonds. The Balaban J connectivity index is 1.77. The number of aryl methyl sites for hydroxylation is 2. The Labute approximate surface area is 142 Å². The molecule has 0 atom stereocenters. The maximum absolute atomic E-state index is 12.2. The lowest BCUT2D eigenvalue weighted by Gasteiger charge is -2.33. The first-order chi connectivity index (χ1) is 11.5. The number of benzene rings is 1. The summed E-state index contributed by atoms with van der Waals surface area (Å²) in [6, 6.07) is 5.77. The summed E-state index contributed by atoms with van der Waals surface area (Å²) in [5, 5.41) is 0. The van der Waals surface area contributed by atoms with E-state index >= 15 is 0 Å². The van der Waals surface area contributed by atoms with Gasteiger partial charge in [-0.05, 0) is 37.1 Å². The second kappa shape index (κ2) is 8.38. The van der Waals surface area contributed by atoms with Crippen LogP contribution in [0.4, 0.5) is 4.79 Å². The van der Waals surface area contributed by atoms with E-state index in [0.29, 0.717) is 31.9 Å². The number of ether oxygens (including phenoxy) is 2. The van der Waals surface area contributed by atoms with E-state index in [1.807, 2.05) is 32.0 Å². The minimum absolute atomic E-state index is 0.00338. The van der Waals surface area contributed by atoms with Gasteiger partial charge < -0.3 is 19.3 Å². The highest BCUT2D eigenvalue weighted by Crippen LogP contribution is 2.16. The number of piperazine rings is 1. The summed E-state index contributed by atoms with van der Waals surface area (Å²) in [6.07, 6.45) is 1.16. The van der Waals surface area contributed by atoms with Crippen molar-refractivity contribution in [3.05, 3.63) is 42.0 Å². The summed E-state index contributed by atoms with van der Waals surface area (Å²) in [5.41, 5.74) is 2.32. The molecule has 0 unspecified atom stereocenters. The smallest absolute Gasteiger partial charge is 0.410 e. The van der Waals surface area contributed by atoms with Gasteiger partial charge in [-0.1, -0.05) is 18.7 Å². The molecule has 0 bridgehead atoms. The first-order valence-corrected chi connectivity index (χ1v) is 8.01. The van der Waals surface area contributed by atoms with Crippen LogP contribution >= 0.6 is 0 Å². The van der Waals surface area contributed by atoms with Crippen LogP contribution in [0.25, 0.3) is 0 Å². The molecule has 0 spiro atoms. The Morgan fingerprint density at radius 2 is 1.79 bits per heavy atom. The molecule has 1 heterocycles. The maximum atomic E-state index is 12.2. The summed E-state index contributed by atoms with van der Waals surface area (Å²) in [6.45, 7) is 9.64. The molecule has 24 heavy (non-hydrogen) atoms. The molecule has 6 heteroatoms. The van der Waals surface area contributed by atoms with Crippen molar-refractivity contribution >= 4 is 12.0 Å². The van der Waals surface area contributed by atoms with Gasteiger partial charge in [-0.2, -0.15) is 0 Å². The Morgan fingerprint density at radius 3 is 2.42 bits per heavy atom. The lowest BCUT2D eigenvalue weighted by atomic mass is 10.1. The second-order valence-corrected chi connectivity index (χ2v) is 5.77. The largest absolute Gasteiger partial charge is 0.484 e. The average Bonchev–Trinajstić information content (AvgIpc) is 2.60. The van der Waals surface area contributed by atoms with E-state index in [-0.39, 0.29) is 25.2 Å². The van der Waals surface area contributed by atoms with Crippen LogP contribution in [0.5, 0.6) is 5.75 Å². The molecule has 1 aromatic rings. The molecule has 0 aromatic heterocycles. The Morgan fingerprint density at radius 1 is 1.12 bits per heavy atom. The predicted molar refractivity (Wildman–Crippen MR) is 91.1 cm³/mol. The quantitative estimate of drug-likeness (QED) is 0.775. The number of rotatable bonds is 5. The first kappa shape index (κ1) is 17.8. The van der Waals surface area contributed by atoms with Crippen LogP contribution < -0.4 is 4.74 Å². The highest BCUT2D eigenvalue weighted by molar-refractivity contribution is 5.78. The molecule has 0 saturated carbocycles. The van der Waals surface area contributed by atoms with Crippen molar-refractivity contribution in [2.75, 3.05) is 39.4 Å². The van der Waals surface area contributed by atoms with Crippen molar-refractivity contribution in [2.45, 2.75) is 13.8 Å². The lowest BCUT2D eigenvalue weighted by molar-refractivity contribution is -0.134. The third-order valence-corrected chi connectivity index (χ3v) is 4.06. The topological polar surface area (TPSA) is 59.1 Å². The van der Waals surface area contributed by atoms with Crippen molar-refractivity contribution in [3.8, 4) is 5.75 Å². The second-order valence-electron chi connectivity index (χ2n) is 5.77. The van der Waals surface area contributed by atoms with E-state index in [1.165, 1.54) is 11.6 Å². The molecule has 1 fully saturated rings. The van der Waals surface area contributed by atoms with Crippen molar-refractivity contribution in [1.29, 1.82) is 0 Å². The Hall–Kier alpha value is -2.50. The molecule has 1 aromatic carbocycles. The Bertz CT molecular complexity index is 607. The van der Waals surface area contributed by atoms with Crippen LogP contribution in [0.3, 0.4) is 0 Å². The van der Waals surface area contributed by atoms with Gasteiger partial charge in [0.2, 0.25) is 0 Å². The van der Waals surface area contributed by atoms with Gasteiger partial charge in [0.25, 0.3) is 5.91 Å². The first-order valence-electron chi connectivity index (χ1n) is 8.01. The van der Waals surface area contributed by atoms with Gasteiger partial charge in [0.05, 0.1) is 0 Å². The van der Waals surface area contributed by atoms with Crippen molar-refractivity contribution < 1.29 is 19.1 Å².